The SMILES string of the molecule is Cc1nc(-c2ccc3ccc(Cn4c(CC(C)C)nc5ccn(-c6ccc(C#N)cc6)c(=O)c54)cc3c2)no1. The average molecular weight is 515 g/mol. The van der Waals surface area contributed by atoms with Crippen LogP contribution >= 0.6 is 0 Å². The van der Waals surface area contributed by atoms with Gasteiger partial charge in [-0.1, -0.05) is 43.3 Å². The van der Waals surface area contributed by atoms with Crippen LogP contribution in [0.5, 0.6) is 0 Å². The van der Waals surface area contributed by atoms with Crippen LogP contribution in [-0.2, 0) is 13.0 Å². The van der Waals surface area contributed by atoms with Crippen LogP contribution in [0.15, 0.2) is 82.2 Å². The van der Waals surface area contributed by atoms with Crippen molar-refractivity contribution in [1.29, 1.82) is 5.26 Å². The van der Waals surface area contributed by atoms with Crippen molar-refractivity contribution in [2.75, 3.05) is 0 Å². The lowest BCUT2D eigenvalue weighted by atomic mass is 10.0. The molecule has 3 aromatic carbocycles. The second-order valence-electron chi connectivity index (χ2n) is 10.1. The van der Waals surface area contributed by atoms with E-state index in [-0.39, 0.29) is 5.56 Å². The standard InChI is InChI=1S/C31H26N6O2/c1-19(2)14-28-34-27-12-13-36(26-10-5-21(17-32)6-11-26)31(38)29(27)37(28)18-22-4-7-23-8-9-24(16-25(23)15-22)30-33-20(3)39-35-30/h4-13,15-16,19H,14,18H2,1-3H3. The van der Waals surface area contributed by atoms with Crippen molar-refractivity contribution < 1.29 is 4.52 Å². The first-order valence-electron chi connectivity index (χ1n) is 12.8. The number of aryl methyl sites for hydroxylation is 1. The van der Waals surface area contributed by atoms with Gasteiger partial charge < -0.3 is 9.09 Å². The molecule has 6 rings (SSSR count). The fraction of sp³-hybridized carbons (Fsp3) is 0.194. The highest BCUT2D eigenvalue weighted by Crippen LogP contribution is 2.25. The summed E-state index contributed by atoms with van der Waals surface area (Å²) in [6.07, 6.45) is 2.50. The van der Waals surface area contributed by atoms with Gasteiger partial charge in [-0.2, -0.15) is 10.2 Å². The Bertz CT molecular complexity index is 1940. The molecule has 0 unspecified atom stereocenters. The Labute approximate surface area is 224 Å². The van der Waals surface area contributed by atoms with Crippen molar-refractivity contribution in [2.24, 2.45) is 5.92 Å². The maximum atomic E-state index is 13.8. The van der Waals surface area contributed by atoms with Gasteiger partial charge in [-0.15, -0.1) is 0 Å². The van der Waals surface area contributed by atoms with Crippen molar-refractivity contribution in [1.82, 2.24) is 24.3 Å². The van der Waals surface area contributed by atoms with E-state index in [0.29, 0.717) is 46.5 Å². The number of hydrogen-bond acceptors (Lipinski definition) is 6. The summed E-state index contributed by atoms with van der Waals surface area (Å²) in [7, 11) is 0. The molecule has 0 spiro atoms. The van der Waals surface area contributed by atoms with Gasteiger partial charge in [0.1, 0.15) is 11.3 Å². The minimum atomic E-state index is -0.143. The highest BCUT2D eigenvalue weighted by Gasteiger charge is 2.18. The third-order valence-electron chi connectivity index (χ3n) is 6.77. The maximum absolute atomic E-state index is 13.8. The van der Waals surface area contributed by atoms with Gasteiger partial charge in [0.15, 0.2) is 0 Å². The minimum Gasteiger partial charge on any atom is -0.339 e. The Morgan fingerprint density at radius 2 is 1.77 bits per heavy atom. The molecule has 0 fully saturated rings. The van der Waals surface area contributed by atoms with Gasteiger partial charge in [-0.05, 0) is 64.7 Å². The molecule has 0 atom stereocenters. The highest BCUT2D eigenvalue weighted by molar-refractivity contribution is 5.87. The molecule has 8 heteroatoms. The molecule has 0 aliphatic carbocycles. The Morgan fingerprint density at radius 3 is 2.49 bits per heavy atom. The number of imidazole rings is 1. The second kappa shape index (κ2) is 9.69. The summed E-state index contributed by atoms with van der Waals surface area (Å²) in [5.41, 5.74) is 4.29. The lowest BCUT2D eigenvalue weighted by molar-refractivity contribution is 0.394. The average Bonchev–Trinajstić information content (AvgIpc) is 3.52. The van der Waals surface area contributed by atoms with E-state index >= 15 is 0 Å². The van der Waals surface area contributed by atoms with E-state index in [4.69, 9.17) is 14.8 Å². The van der Waals surface area contributed by atoms with E-state index < -0.39 is 0 Å². The summed E-state index contributed by atoms with van der Waals surface area (Å²) in [5.74, 6) is 2.34. The molecule has 3 heterocycles. The largest absolute Gasteiger partial charge is 0.339 e. The van der Waals surface area contributed by atoms with Crippen LogP contribution in [0.3, 0.4) is 0 Å². The van der Waals surface area contributed by atoms with Crippen LogP contribution in [0.4, 0.5) is 0 Å². The summed E-state index contributed by atoms with van der Waals surface area (Å²) in [6.45, 7) is 6.58. The molecule has 0 amide bonds. The van der Waals surface area contributed by atoms with Gasteiger partial charge in [0.2, 0.25) is 11.7 Å². The van der Waals surface area contributed by atoms with Gasteiger partial charge in [-0.3, -0.25) is 9.36 Å². The lowest BCUT2D eigenvalue weighted by Crippen LogP contribution is -2.21. The van der Waals surface area contributed by atoms with E-state index in [1.54, 1.807) is 42.0 Å². The minimum absolute atomic E-state index is 0.143. The molecular weight excluding hydrogens is 488 g/mol. The van der Waals surface area contributed by atoms with E-state index in [9.17, 15) is 4.79 Å². The normalized spacial score (nSPS) is 11.5. The number of nitriles is 1. The Morgan fingerprint density at radius 1 is 0.974 bits per heavy atom. The van der Waals surface area contributed by atoms with Gasteiger partial charge in [0.05, 0.1) is 17.1 Å². The molecule has 0 saturated heterocycles. The van der Waals surface area contributed by atoms with Crippen molar-refractivity contribution >= 4 is 21.8 Å². The van der Waals surface area contributed by atoms with Crippen LogP contribution < -0.4 is 5.56 Å². The predicted molar refractivity (Wildman–Crippen MR) is 150 cm³/mol. The first-order valence-corrected chi connectivity index (χ1v) is 12.8. The molecule has 6 aromatic rings. The van der Waals surface area contributed by atoms with Crippen molar-refractivity contribution in [3.63, 3.8) is 0 Å². The van der Waals surface area contributed by atoms with Crippen molar-refractivity contribution in [2.45, 2.75) is 33.7 Å². The first kappa shape index (κ1) is 24.3. The lowest BCUT2D eigenvalue weighted by Gasteiger charge is -2.13. The molecule has 0 N–H and O–H groups in total. The van der Waals surface area contributed by atoms with Crippen LogP contribution in [0.2, 0.25) is 0 Å². The van der Waals surface area contributed by atoms with Crippen LogP contribution in [-0.4, -0.2) is 24.3 Å². The molecule has 0 bridgehead atoms. The zero-order chi connectivity index (χ0) is 27.1. The Hall–Kier alpha value is -5.03. The van der Waals surface area contributed by atoms with Gasteiger partial charge >= 0.3 is 0 Å². The summed E-state index contributed by atoms with van der Waals surface area (Å²) < 4.78 is 8.82. The highest BCUT2D eigenvalue weighted by atomic mass is 16.5. The Kier molecular flexibility index (Phi) is 6.04. The molecule has 0 aliphatic heterocycles. The maximum Gasteiger partial charge on any atom is 0.281 e. The number of rotatable bonds is 6. The van der Waals surface area contributed by atoms with Crippen molar-refractivity contribution in [3.8, 4) is 23.1 Å². The molecular formula is C31H26N6O2. The van der Waals surface area contributed by atoms with Crippen LogP contribution in [0.25, 0.3) is 38.9 Å². The number of aromatic nitrogens is 5. The van der Waals surface area contributed by atoms with Crippen LogP contribution in [0, 0.1) is 24.2 Å². The monoisotopic (exact) mass is 514 g/mol. The molecule has 39 heavy (non-hydrogen) atoms. The van der Waals surface area contributed by atoms with E-state index in [0.717, 1.165) is 34.1 Å². The van der Waals surface area contributed by atoms with E-state index in [1.165, 1.54) is 0 Å². The number of nitrogens with zero attached hydrogens (tertiary/aromatic N) is 6. The van der Waals surface area contributed by atoms with Gasteiger partial charge in [0, 0.05) is 37.3 Å². The fourth-order valence-corrected chi connectivity index (χ4v) is 4.91. The summed E-state index contributed by atoms with van der Waals surface area (Å²) >= 11 is 0. The number of benzene rings is 3. The molecule has 192 valence electrons. The summed E-state index contributed by atoms with van der Waals surface area (Å²) in [6, 6.07) is 23.4. The van der Waals surface area contributed by atoms with Gasteiger partial charge in [0.25, 0.3) is 5.56 Å². The third kappa shape index (κ3) is 4.59. The molecule has 0 radical (unpaired) electrons. The quantitative estimate of drug-likeness (QED) is 0.278. The topological polar surface area (TPSA) is 103 Å². The van der Waals surface area contributed by atoms with Crippen LogP contribution in [0.1, 0.15) is 36.7 Å². The van der Waals surface area contributed by atoms with Gasteiger partial charge in [-0.25, -0.2) is 4.98 Å². The molecule has 0 saturated carbocycles. The molecule has 0 aliphatic rings. The second-order valence-corrected chi connectivity index (χ2v) is 10.1. The van der Waals surface area contributed by atoms with Crippen molar-refractivity contribution in [3.05, 3.63) is 106 Å². The predicted octanol–water partition coefficient (Wildman–Crippen LogP) is 5.82. The number of fused-ring (bicyclic) bond motifs is 2. The summed E-state index contributed by atoms with van der Waals surface area (Å²) in [4.78, 5) is 23.0. The third-order valence-corrected chi connectivity index (χ3v) is 6.77. The zero-order valence-electron chi connectivity index (χ0n) is 21.9. The number of hydrogen-bond donors (Lipinski definition) is 0. The Balaban J connectivity index is 1.46. The molecule has 8 nitrogen and oxygen atoms in total. The smallest absolute Gasteiger partial charge is 0.281 e. The first-order chi connectivity index (χ1) is 18.9. The van der Waals surface area contributed by atoms with E-state index in [2.05, 4.69) is 54.3 Å². The van der Waals surface area contributed by atoms with E-state index in [1.807, 2.05) is 22.8 Å². The summed E-state index contributed by atoms with van der Waals surface area (Å²) in [5, 5.41) is 15.4. The molecule has 3 aromatic heterocycles. The number of pyridine rings is 1. The zero-order valence-corrected chi connectivity index (χ0v) is 21.9. The fourth-order valence-electron chi connectivity index (χ4n) is 4.91.